The Hall–Kier alpha value is -4.07. The predicted molar refractivity (Wildman–Crippen MR) is 138 cm³/mol. The summed E-state index contributed by atoms with van der Waals surface area (Å²) in [7, 11) is 0. The topological polar surface area (TPSA) is 93.9 Å². The van der Waals surface area contributed by atoms with Crippen LogP contribution >= 0.6 is 0 Å². The van der Waals surface area contributed by atoms with Gasteiger partial charge in [0.2, 0.25) is 0 Å². The van der Waals surface area contributed by atoms with Crippen LogP contribution in [-0.4, -0.2) is 51.0 Å². The lowest BCUT2D eigenvalue weighted by molar-refractivity contribution is -0.139. The first-order valence-electron chi connectivity index (χ1n) is 12.5. The molecule has 1 atom stereocenters. The number of fused-ring (bicyclic) bond motifs is 1. The van der Waals surface area contributed by atoms with Crippen LogP contribution in [0.2, 0.25) is 0 Å². The summed E-state index contributed by atoms with van der Waals surface area (Å²) >= 11 is 0. The largest absolute Gasteiger partial charge is 0.507 e. The number of aromatic nitrogens is 2. The average molecular weight is 502 g/mol. The molecule has 0 aliphatic carbocycles. The minimum atomic E-state index is -0.704. The van der Waals surface area contributed by atoms with Crippen LogP contribution in [0.25, 0.3) is 5.76 Å². The van der Waals surface area contributed by atoms with Gasteiger partial charge in [-0.15, -0.1) is 0 Å². The Labute approximate surface area is 216 Å². The van der Waals surface area contributed by atoms with E-state index in [0.717, 1.165) is 11.1 Å². The maximum Gasteiger partial charge on any atom is 0.295 e. The third-order valence-electron chi connectivity index (χ3n) is 6.82. The number of imidazole rings is 1. The van der Waals surface area contributed by atoms with E-state index in [1.165, 1.54) is 0 Å². The van der Waals surface area contributed by atoms with E-state index in [0.29, 0.717) is 49.8 Å². The highest BCUT2D eigenvalue weighted by Crippen LogP contribution is 2.41. The first kappa shape index (κ1) is 24.6. The summed E-state index contributed by atoms with van der Waals surface area (Å²) in [5, 5.41) is 11.4. The van der Waals surface area contributed by atoms with E-state index in [1.54, 1.807) is 35.6 Å². The number of benzene rings is 2. The lowest BCUT2D eigenvalue weighted by Crippen LogP contribution is -2.31. The van der Waals surface area contributed by atoms with Crippen LogP contribution in [0.5, 0.6) is 11.5 Å². The van der Waals surface area contributed by atoms with Gasteiger partial charge >= 0.3 is 0 Å². The fraction of sp³-hybridized carbons (Fsp3) is 0.345. The lowest BCUT2D eigenvalue weighted by atomic mass is 9.85. The number of aryl methyl sites for hydroxylation is 1. The Kier molecular flexibility index (Phi) is 6.50. The van der Waals surface area contributed by atoms with Gasteiger partial charge in [0, 0.05) is 31.0 Å². The summed E-state index contributed by atoms with van der Waals surface area (Å²) in [5.41, 5.74) is 2.34. The number of Topliss-reactive ketones (excluding diaryl/α,β-unsaturated/α-hetero) is 1. The Morgan fingerprint density at radius 2 is 1.76 bits per heavy atom. The highest BCUT2D eigenvalue weighted by Gasteiger charge is 2.46. The third kappa shape index (κ3) is 4.83. The number of hydrogen-bond donors (Lipinski definition) is 1. The van der Waals surface area contributed by atoms with Crippen molar-refractivity contribution in [2.45, 2.75) is 45.2 Å². The van der Waals surface area contributed by atoms with E-state index in [9.17, 15) is 14.7 Å². The molecule has 1 amide bonds. The van der Waals surface area contributed by atoms with E-state index in [-0.39, 0.29) is 16.7 Å². The summed E-state index contributed by atoms with van der Waals surface area (Å²) in [6, 6.07) is 12.2. The lowest BCUT2D eigenvalue weighted by Gasteiger charge is -2.26. The summed E-state index contributed by atoms with van der Waals surface area (Å²) in [6.45, 7) is 8.25. The molecule has 8 heteroatoms. The number of ether oxygens (including phenoxy) is 2. The Balaban J connectivity index is 1.54. The molecular weight excluding hydrogens is 470 g/mol. The average Bonchev–Trinajstić information content (AvgIpc) is 3.50. The van der Waals surface area contributed by atoms with Crippen molar-refractivity contribution in [3.63, 3.8) is 0 Å². The molecule has 0 unspecified atom stereocenters. The number of carbonyl (C=O) groups excluding carboxylic acids is 2. The summed E-state index contributed by atoms with van der Waals surface area (Å²) in [5.74, 6) is -0.458. The van der Waals surface area contributed by atoms with Crippen molar-refractivity contribution < 1.29 is 24.2 Å². The number of carbonyl (C=O) groups is 2. The van der Waals surface area contributed by atoms with E-state index in [1.807, 2.05) is 35.0 Å². The van der Waals surface area contributed by atoms with Crippen LogP contribution in [0.1, 0.15) is 49.9 Å². The molecule has 0 bridgehead atoms. The molecule has 1 fully saturated rings. The van der Waals surface area contributed by atoms with E-state index in [2.05, 4.69) is 25.8 Å². The molecule has 37 heavy (non-hydrogen) atoms. The quantitative estimate of drug-likeness (QED) is 0.304. The monoisotopic (exact) mass is 501 g/mol. The number of hydrogen-bond acceptors (Lipinski definition) is 6. The first-order chi connectivity index (χ1) is 17.7. The van der Waals surface area contributed by atoms with E-state index in [4.69, 9.17) is 9.47 Å². The molecule has 192 valence electrons. The van der Waals surface area contributed by atoms with Crippen LogP contribution in [0, 0.1) is 0 Å². The fourth-order valence-corrected chi connectivity index (χ4v) is 4.81. The summed E-state index contributed by atoms with van der Waals surface area (Å²) in [4.78, 5) is 32.2. The number of rotatable bonds is 6. The van der Waals surface area contributed by atoms with Crippen molar-refractivity contribution in [2.75, 3.05) is 19.8 Å². The molecule has 8 nitrogen and oxygen atoms in total. The molecule has 1 saturated heterocycles. The van der Waals surface area contributed by atoms with Crippen molar-refractivity contribution in [3.8, 4) is 11.5 Å². The van der Waals surface area contributed by atoms with Gasteiger partial charge in [0.1, 0.15) is 19.0 Å². The normalized spacial score (nSPS) is 18.9. The van der Waals surface area contributed by atoms with Crippen molar-refractivity contribution in [2.24, 2.45) is 0 Å². The second kappa shape index (κ2) is 9.76. The molecule has 1 aromatic heterocycles. The number of amides is 1. The van der Waals surface area contributed by atoms with Crippen LogP contribution in [0.15, 0.2) is 66.8 Å². The van der Waals surface area contributed by atoms with Gasteiger partial charge in [0.25, 0.3) is 11.7 Å². The van der Waals surface area contributed by atoms with Crippen LogP contribution < -0.4 is 9.47 Å². The maximum atomic E-state index is 13.3. The number of aliphatic hydroxyl groups is 1. The van der Waals surface area contributed by atoms with Gasteiger partial charge in [-0.3, -0.25) is 9.59 Å². The zero-order chi connectivity index (χ0) is 26.2. The number of aliphatic hydroxyl groups excluding tert-OH is 1. The molecule has 0 radical (unpaired) electrons. The highest BCUT2D eigenvalue weighted by molar-refractivity contribution is 6.46. The van der Waals surface area contributed by atoms with Gasteiger partial charge in [-0.1, -0.05) is 45.0 Å². The highest BCUT2D eigenvalue weighted by atomic mass is 16.6. The smallest absolute Gasteiger partial charge is 0.295 e. The molecule has 2 aliphatic heterocycles. The molecule has 3 heterocycles. The van der Waals surface area contributed by atoms with Gasteiger partial charge in [-0.25, -0.2) is 4.98 Å². The molecular formula is C29H31N3O5. The SMILES string of the molecule is CC(C)(C)c1ccc([C@H]2C(=C(O)c3ccc4c(c3)OCCO4)C(=O)C(=O)N2CCCn2ccnc2)cc1. The van der Waals surface area contributed by atoms with Crippen LogP contribution in [-0.2, 0) is 21.5 Å². The minimum absolute atomic E-state index is 0.0453. The zero-order valence-electron chi connectivity index (χ0n) is 21.3. The molecule has 2 aromatic carbocycles. The number of nitrogens with zero attached hydrogens (tertiary/aromatic N) is 3. The summed E-state index contributed by atoms with van der Waals surface area (Å²) in [6.07, 6.45) is 5.91. The maximum absolute atomic E-state index is 13.3. The fourth-order valence-electron chi connectivity index (χ4n) is 4.81. The van der Waals surface area contributed by atoms with E-state index < -0.39 is 17.7 Å². The zero-order valence-corrected chi connectivity index (χ0v) is 21.3. The van der Waals surface area contributed by atoms with Crippen LogP contribution in [0.3, 0.4) is 0 Å². The third-order valence-corrected chi connectivity index (χ3v) is 6.82. The second-order valence-electron chi connectivity index (χ2n) is 10.4. The Morgan fingerprint density at radius 3 is 2.43 bits per heavy atom. The predicted octanol–water partition coefficient (Wildman–Crippen LogP) is 4.46. The Bertz CT molecular complexity index is 1340. The second-order valence-corrected chi connectivity index (χ2v) is 10.4. The molecule has 5 rings (SSSR count). The first-order valence-corrected chi connectivity index (χ1v) is 12.5. The number of likely N-dealkylation sites (tertiary alicyclic amines) is 1. The van der Waals surface area contributed by atoms with Crippen molar-refractivity contribution in [1.82, 2.24) is 14.5 Å². The molecule has 2 aliphatic rings. The van der Waals surface area contributed by atoms with Crippen LogP contribution in [0.4, 0.5) is 0 Å². The number of ketones is 1. The van der Waals surface area contributed by atoms with Gasteiger partial charge in [0.15, 0.2) is 11.5 Å². The molecule has 0 saturated carbocycles. The Morgan fingerprint density at radius 1 is 1.03 bits per heavy atom. The van der Waals surface area contributed by atoms with Crippen molar-refractivity contribution in [3.05, 3.63) is 83.4 Å². The minimum Gasteiger partial charge on any atom is -0.507 e. The summed E-state index contributed by atoms with van der Waals surface area (Å²) < 4.78 is 13.2. The van der Waals surface area contributed by atoms with Crippen molar-refractivity contribution >= 4 is 17.4 Å². The molecule has 3 aromatic rings. The van der Waals surface area contributed by atoms with Crippen molar-refractivity contribution in [1.29, 1.82) is 0 Å². The standard InChI is InChI=1S/C29H31N3O5/c1-29(2,3)21-8-5-19(6-9-21)25-24(26(33)20-7-10-22-23(17-20)37-16-15-36-22)27(34)28(35)32(25)13-4-12-31-14-11-30-18-31/h5-11,14,17-18,25,33H,4,12-13,15-16H2,1-3H3/t25-/m0/s1. The van der Waals surface area contributed by atoms with Gasteiger partial charge in [0.05, 0.1) is 17.9 Å². The molecule has 1 N–H and O–H groups in total. The van der Waals surface area contributed by atoms with Gasteiger partial charge in [-0.2, -0.15) is 0 Å². The van der Waals surface area contributed by atoms with Gasteiger partial charge in [-0.05, 0) is 41.2 Å². The van der Waals surface area contributed by atoms with E-state index >= 15 is 0 Å². The molecule has 0 spiro atoms. The van der Waals surface area contributed by atoms with Gasteiger partial charge < -0.3 is 24.0 Å².